The number of nitrogens with one attached hydrogen (secondary N) is 1. The Morgan fingerprint density at radius 1 is 1.16 bits per heavy atom. The molecule has 37 heavy (non-hydrogen) atoms. The van der Waals surface area contributed by atoms with Gasteiger partial charge in [-0.05, 0) is 36.6 Å². The molecule has 2 heterocycles. The van der Waals surface area contributed by atoms with Gasteiger partial charge in [-0.3, -0.25) is 9.59 Å². The van der Waals surface area contributed by atoms with Crippen LogP contribution in [-0.2, 0) is 28.5 Å². The monoisotopic (exact) mass is 516 g/mol. The van der Waals surface area contributed by atoms with Crippen molar-refractivity contribution in [3.05, 3.63) is 53.3 Å². The number of aliphatic hydroxyl groups excluding tert-OH is 2. The van der Waals surface area contributed by atoms with E-state index in [9.17, 15) is 14.4 Å². The molecule has 1 aromatic rings. The molecule has 2 saturated heterocycles. The van der Waals surface area contributed by atoms with Gasteiger partial charge in [0.15, 0.2) is 0 Å². The van der Waals surface area contributed by atoms with Crippen LogP contribution in [0.1, 0.15) is 35.2 Å². The number of rotatable bonds is 10. The second-order valence-corrected chi connectivity index (χ2v) is 8.88. The van der Waals surface area contributed by atoms with Gasteiger partial charge in [0, 0.05) is 25.1 Å². The number of hydrogen-bond acceptors (Lipinski definition) is 9. The number of carbonyl (C=O) groups excluding carboxylic acids is 3. The Labute approximate surface area is 214 Å². The zero-order valence-electron chi connectivity index (χ0n) is 20.4. The van der Waals surface area contributed by atoms with E-state index in [0.717, 1.165) is 0 Å². The maximum absolute atomic E-state index is 13.5. The smallest absolute Gasteiger partial charge is 0.339 e. The van der Waals surface area contributed by atoms with Crippen LogP contribution in [0.15, 0.2) is 42.2 Å². The number of likely N-dealkylation sites (tertiary alicyclic amines) is 1. The van der Waals surface area contributed by atoms with Gasteiger partial charge in [0.25, 0.3) is 0 Å². The molecular weight excluding hydrogens is 484 g/mol. The molecule has 0 spiro atoms. The highest BCUT2D eigenvalue weighted by Gasteiger charge is 2.44. The van der Waals surface area contributed by atoms with Gasteiger partial charge >= 0.3 is 5.97 Å². The van der Waals surface area contributed by atoms with Crippen LogP contribution in [0.25, 0.3) is 6.08 Å². The largest absolute Gasteiger partial charge is 0.499 e. The van der Waals surface area contributed by atoms with E-state index in [1.165, 1.54) is 11.2 Å². The average Bonchev–Trinajstić information content (AvgIpc) is 3.59. The van der Waals surface area contributed by atoms with E-state index >= 15 is 0 Å². The van der Waals surface area contributed by atoms with Crippen molar-refractivity contribution in [1.29, 1.82) is 0 Å². The van der Waals surface area contributed by atoms with E-state index in [-0.39, 0.29) is 51.4 Å². The standard InChI is InChI=1S/C26H32N2O9/c29-10-8-27-24(31)20-6-3-9-28(20)25(32)18-14-21-23(36-16-35-21)22(15-18)37-26(33)19-5-2-1-4-17(19)7-12-34-13-11-30/h1-2,4-5,7,12,14,20-23,29-30H,3,6,8-11,13,15-16H2,(H,27,31)/t20-,21-,22-,23-/m1/s1. The van der Waals surface area contributed by atoms with Crippen LogP contribution in [-0.4, -0.2) is 97.0 Å². The normalized spacial score (nSPS) is 25.0. The Morgan fingerprint density at radius 3 is 2.81 bits per heavy atom. The molecule has 4 rings (SSSR count). The van der Waals surface area contributed by atoms with Crippen molar-refractivity contribution in [2.24, 2.45) is 0 Å². The minimum Gasteiger partial charge on any atom is -0.499 e. The van der Waals surface area contributed by atoms with Gasteiger partial charge in [-0.2, -0.15) is 0 Å². The third kappa shape index (κ3) is 6.37. The lowest BCUT2D eigenvalue weighted by Gasteiger charge is -2.32. The van der Waals surface area contributed by atoms with E-state index in [1.807, 2.05) is 0 Å². The Bertz CT molecular complexity index is 1040. The maximum atomic E-state index is 13.5. The van der Waals surface area contributed by atoms with Crippen LogP contribution in [0.3, 0.4) is 0 Å². The summed E-state index contributed by atoms with van der Waals surface area (Å²) in [5.41, 5.74) is 1.28. The SMILES string of the molecule is O=C(O[C@@H]1CC(C(=O)N2CCC[C@@H]2C(=O)NCCO)=C[C@H]2OCO[C@H]21)c1ccccc1C=COCCO. The first-order valence-corrected chi connectivity index (χ1v) is 12.4. The van der Waals surface area contributed by atoms with Crippen LogP contribution in [0, 0.1) is 0 Å². The fourth-order valence-corrected chi connectivity index (χ4v) is 4.75. The minimum absolute atomic E-state index is 0.0127. The minimum atomic E-state index is -0.768. The summed E-state index contributed by atoms with van der Waals surface area (Å²) in [6.45, 7) is 0.396. The lowest BCUT2D eigenvalue weighted by atomic mass is 9.91. The maximum Gasteiger partial charge on any atom is 0.339 e. The molecule has 11 nitrogen and oxygen atoms in total. The second-order valence-electron chi connectivity index (χ2n) is 8.88. The summed E-state index contributed by atoms with van der Waals surface area (Å²) in [6.07, 6.45) is 4.16. The summed E-state index contributed by atoms with van der Waals surface area (Å²) >= 11 is 0. The first kappa shape index (κ1) is 26.8. The molecule has 1 aliphatic carbocycles. The number of ether oxygens (including phenoxy) is 4. The third-order valence-corrected chi connectivity index (χ3v) is 6.49. The molecule has 0 unspecified atom stereocenters. The van der Waals surface area contributed by atoms with Crippen LogP contribution in [0.5, 0.6) is 0 Å². The Balaban J connectivity index is 1.48. The number of carbonyl (C=O) groups is 3. The van der Waals surface area contributed by atoms with Crippen molar-refractivity contribution < 1.29 is 43.5 Å². The Morgan fingerprint density at radius 2 is 2.00 bits per heavy atom. The molecule has 3 aliphatic rings. The van der Waals surface area contributed by atoms with Crippen molar-refractivity contribution >= 4 is 23.9 Å². The quantitative estimate of drug-likeness (QED) is 0.228. The zero-order valence-corrected chi connectivity index (χ0v) is 20.4. The molecule has 11 heteroatoms. The summed E-state index contributed by atoms with van der Waals surface area (Å²) in [6, 6.07) is 6.23. The van der Waals surface area contributed by atoms with E-state index in [2.05, 4.69) is 5.32 Å². The highest BCUT2D eigenvalue weighted by Crippen LogP contribution is 2.33. The van der Waals surface area contributed by atoms with E-state index < -0.39 is 30.3 Å². The molecular formula is C26H32N2O9. The molecule has 1 aromatic carbocycles. The molecule has 0 saturated carbocycles. The number of esters is 1. The Kier molecular flexibility index (Phi) is 9.29. The summed E-state index contributed by atoms with van der Waals surface area (Å²) in [5, 5.41) is 20.5. The molecule has 4 atom stereocenters. The van der Waals surface area contributed by atoms with E-state index in [0.29, 0.717) is 36.1 Å². The number of fused-ring (bicyclic) bond motifs is 1. The molecule has 200 valence electrons. The van der Waals surface area contributed by atoms with E-state index in [1.54, 1.807) is 36.4 Å². The summed E-state index contributed by atoms with van der Waals surface area (Å²) in [4.78, 5) is 40.7. The van der Waals surface area contributed by atoms with Gasteiger partial charge in [-0.15, -0.1) is 0 Å². The fraction of sp³-hybridized carbons (Fsp3) is 0.500. The number of amides is 2. The zero-order chi connectivity index (χ0) is 26.2. The molecule has 2 fully saturated rings. The highest BCUT2D eigenvalue weighted by molar-refractivity contribution is 5.98. The van der Waals surface area contributed by atoms with Gasteiger partial charge in [-0.25, -0.2) is 4.79 Å². The van der Waals surface area contributed by atoms with Crippen molar-refractivity contribution in [2.75, 3.05) is 39.7 Å². The summed E-state index contributed by atoms with van der Waals surface area (Å²) in [5.74, 6) is -1.19. The predicted molar refractivity (Wildman–Crippen MR) is 130 cm³/mol. The van der Waals surface area contributed by atoms with Crippen LogP contribution < -0.4 is 5.32 Å². The van der Waals surface area contributed by atoms with Gasteiger partial charge in [0.2, 0.25) is 11.8 Å². The summed E-state index contributed by atoms with van der Waals surface area (Å²) < 4.78 is 22.3. The Hall–Kier alpha value is -3.25. The lowest BCUT2D eigenvalue weighted by molar-refractivity contribution is -0.136. The van der Waals surface area contributed by atoms with Crippen LogP contribution >= 0.6 is 0 Å². The molecule has 0 radical (unpaired) electrons. The highest BCUT2D eigenvalue weighted by atomic mass is 16.7. The van der Waals surface area contributed by atoms with Gasteiger partial charge < -0.3 is 39.4 Å². The van der Waals surface area contributed by atoms with Gasteiger partial charge in [0.1, 0.15) is 37.8 Å². The first-order valence-electron chi connectivity index (χ1n) is 12.4. The van der Waals surface area contributed by atoms with Crippen molar-refractivity contribution in [2.45, 2.75) is 43.6 Å². The van der Waals surface area contributed by atoms with Gasteiger partial charge in [-0.1, -0.05) is 18.2 Å². The molecule has 0 bridgehead atoms. The molecule has 2 aliphatic heterocycles. The van der Waals surface area contributed by atoms with E-state index in [4.69, 9.17) is 29.2 Å². The van der Waals surface area contributed by atoms with Crippen LogP contribution in [0.2, 0.25) is 0 Å². The van der Waals surface area contributed by atoms with Crippen molar-refractivity contribution in [3.8, 4) is 0 Å². The topological polar surface area (TPSA) is 144 Å². The first-order chi connectivity index (χ1) is 18.0. The van der Waals surface area contributed by atoms with Crippen LogP contribution in [0.4, 0.5) is 0 Å². The molecule has 3 N–H and O–H groups in total. The fourth-order valence-electron chi connectivity index (χ4n) is 4.75. The second kappa shape index (κ2) is 12.8. The molecule has 0 aromatic heterocycles. The van der Waals surface area contributed by atoms with Crippen molar-refractivity contribution in [3.63, 3.8) is 0 Å². The van der Waals surface area contributed by atoms with Gasteiger partial charge in [0.05, 0.1) is 25.0 Å². The number of aliphatic hydroxyl groups is 2. The predicted octanol–water partition coefficient (Wildman–Crippen LogP) is 0.363. The summed E-state index contributed by atoms with van der Waals surface area (Å²) in [7, 11) is 0. The van der Waals surface area contributed by atoms with Crippen molar-refractivity contribution in [1.82, 2.24) is 10.2 Å². The number of nitrogens with zero attached hydrogens (tertiary/aromatic N) is 1. The lowest BCUT2D eigenvalue weighted by Crippen LogP contribution is -2.49. The third-order valence-electron chi connectivity index (χ3n) is 6.49. The number of benzene rings is 1. The average molecular weight is 517 g/mol. The number of hydrogen-bond donors (Lipinski definition) is 3. The molecule has 2 amide bonds.